The summed E-state index contributed by atoms with van der Waals surface area (Å²) in [5, 5.41) is 0.979. The summed E-state index contributed by atoms with van der Waals surface area (Å²) in [4.78, 5) is 33.7. The first-order chi connectivity index (χ1) is 14.8. The highest BCUT2D eigenvalue weighted by Crippen LogP contribution is 2.20. The average Bonchev–Trinajstić information content (AvgIpc) is 2.78. The second-order valence-electron chi connectivity index (χ2n) is 7.27. The van der Waals surface area contributed by atoms with Crippen molar-refractivity contribution in [3.63, 3.8) is 0 Å². The number of aromatic amines is 1. The number of halogens is 1. The highest BCUT2D eigenvalue weighted by molar-refractivity contribution is 7.89. The van der Waals surface area contributed by atoms with E-state index in [4.69, 9.17) is 11.6 Å². The number of hydrogen-bond acceptors (Lipinski definition) is 5. The highest BCUT2D eigenvalue weighted by Gasteiger charge is 2.30. The van der Waals surface area contributed by atoms with Crippen LogP contribution < -0.4 is 5.56 Å². The Labute approximate surface area is 184 Å². The lowest BCUT2D eigenvalue weighted by Gasteiger charge is -2.34. The van der Waals surface area contributed by atoms with Crippen molar-refractivity contribution in [1.82, 2.24) is 19.2 Å². The van der Waals surface area contributed by atoms with Crippen molar-refractivity contribution < 1.29 is 13.2 Å². The van der Waals surface area contributed by atoms with Gasteiger partial charge in [0.15, 0.2) is 0 Å². The zero-order chi connectivity index (χ0) is 22.0. The van der Waals surface area contributed by atoms with Gasteiger partial charge in [-0.3, -0.25) is 9.59 Å². The number of nitrogens with zero attached hydrogens (tertiary/aromatic N) is 3. The van der Waals surface area contributed by atoms with Crippen molar-refractivity contribution in [1.29, 1.82) is 0 Å². The number of hydrogen-bond donors (Lipinski definition) is 1. The van der Waals surface area contributed by atoms with E-state index < -0.39 is 10.0 Å². The number of carbonyl (C=O) groups excluding carboxylic acids is 1. The van der Waals surface area contributed by atoms with E-state index in [0.29, 0.717) is 41.3 Å². The van der Waals surface area contributed by atoms with Crippen LogP contribution in [-0.4, -0.2) is 59.7 Å². The van der Waals surface area contributed by atoms with E-state index in [-0.39, 0.29) is 35.9 Å². The smallest absolute Gasteiger partial charge is 0.258 e. The summed E-state index contributed by atoms with van der Waals surface area (Å²) in [6.45, 7) is 1.07. The molecule has 0 bridgehead atoms. The van der Waals surface area contributed by atoms with Gasteiger partial charge in [0.05, 0.1) is 15.8 Å². The molecule has 3 aromatic rings. The number of benzene rings is 2. The van der Waals surface area contributed by atoms with Gasteiger partial charge in [-0.2, -0.15) is 4.31 Å². The number of piperazine rings is 1. The Hall–Kier alpha value is -2.75. The van der Waals surface area contributed by atoms with Crippen molar-refractivity contribution >= 4 is 38.4 Å². The molecule has 162 valence electrons. The van der Waals surface area contributed by atoms with Gasteiger partial charge in [-0.05, 0) is 36.4 Å². The molecule has 0 aliphatic carbocycles. The molecule has 0 spiro atoms. The van der Waals surface area contributed by atoms with Gasteiger partial charge >= 0.3 is 0 Å². The normalized spacial score (nSPS) is 15.3. The minimum Gasteiger partial charge on any atom is -0.340 e. The molecule has 1 amide bonds. The Morgan fingerprint density at radius 2 is 1.71 bits per heavy atom. The standard InChI is InChI=1S/C21H21ClN4O4S/c22-15-5-7-16(8-6-15)31(29,30)26-13-11-25(12-14-26)20(27)10-9-19-23-18-4-2-1-3-17(18)21(28)24-19/h1-8H,9-14H2,(H,23,24,28). The number of aromatic nitrogens is 2. The molecular formula is C21H21ClN4O4S. The molecule has 8 nitrogen and oxygen atoms in total. The summed E-state index contributed by atoms with van der Waals surface area (Å²) in [7, 11) is -3.62. The number of H-pyrrole nitrogens is 1. The van der Waals surface area contributed by atoms with Crippen LogP contribution in [0.2, 0.25) is 5.02 Å². The second-order valence-corrected chi connectivity index (χ2v) is 9.64. The number of sulfonamides is 1. The second kappa shape index (κ2) is 8.78. The van der Waals surface area contributed by atoms with Crippen molar-refractivity contribution in [2.75, 3.05) is 26.2 Å². The fourth-order valence-corrected chi connectivity index (χ4v) is 5.12. The van der Waals surface area contributed by atoms with Crippen LogP contribution in [0.25, 0.3) is 10.9 Å². The molecule has 4 rings (SSSR count). The first kappa shape index (κ1) is 21.5. The van der Waals surface area contributed by atoms with Gasteiger partial charge in [0, 0.05) is 44.0 Å². The first-order valence-corrected chi connectivity index (χ1v) is 11.7. The van der Waals surface area contributed by atoms with Crippen LogP contribution in [0.1, 0.15) is 12.2 Å². The molecule has 0 saturated carbocycles. The number of aryl methyl sites for hydroxylation is 1. The maximum absolute atomic E-state index is 12.8. The van der Waals surface area contributed by atoms with Crippen LogP contribution in [0.3, 0.4) is 0 Å². The molecular weight excluding hydrogens is 440 g/mol. The molecule has 1 saturated heterocycles. The summed E-state index contributed by atoms with van der Waals surface area (Å²) in [6, 6.07) is 13.1. The molecule has 1 fully saturated rings. The molecule has 1 aliphatic rings. The topological polar surface area (TPSA) is 103 Å². The lowest BCUT2D eigenvalue weighted by Crippen LogP contribution is -2.50. The van der Waals surface area contributed by atoms with E-state index in [2.05, 4.69) is 9.97 Å². The Balaban J connectivity index is 1.35. The molecule has 31 heavy (non-hydrogen) atoms. The number of fused-ring (bicyclic) bond motifs is 1. The van der Waals surface area contributed by atoms with Crippen molar-refractivity contribution in [2.24, 2.45) is 0 Å². The molecule has 2 aromatic carbocycles. The van der Waals surface area contributed by atoms with Crippen molar-refractivity contribution in [3.8, 4) is 0 Å². The molecule has 0 atom stereocenters. The minimum absolute atomic E-state index is 0.0978. The van der Waals surface area contributed by atoms with Crippen molar-refractivity contribution in [2.45, 2.75) is 17.7 Å². The zero-order valence-electron chi connectivity index (χ0n) is 16.6. The van der Waals surface area contributed by atoms with Crippen LogP contribution in [0, 0.1) is 0 Å². The third-order valence-electron chi connectivity index (χ3n) is 5.28. The summed E-state index contributed by atoms with van der Waals surface area (Å²) in [6.07, 6.45) is 0.493. The number of nitrogens with one attached hydrogen (secondary N) is 1. The Bertz CT molecular complexity index is 1270. The molecule has 0 unspecified atom stereocenters. The van der Waals surface area contributed by atoms with Crippen LogP contribution in [0.4, 0.5) is 0 Å². The quantitative estimate of drug-likeness (QED) is 0.627. The maximum Gasteiger partial charge on any atom is 0.258 e. The van der Waals surface area contributed by atoms with Gasteiger partial charge in [0.1, 0.15) is 5.82 Å². The van der Waals surface area contributed by atoms with E-state index in [1.54, 1.807) is 41.3 Å². The zero-order valence-corrected chi connectivity index (χ0v) is 18.2. The van der Waals surface area contributed by atoms with E-state index in [1.165, 1.54) is 16.4 Å². The predicted octanol–water partition coefficient (Wildman–Crippen LogP) is 2.04. The third kappa shape index (κ3) is 4.63. The van der Waals surface area contributed by atoms with Crippen LogP contribution in [0.15, 0.2) is 58.2 Å². The van der Waals surface area contributed by atoms with E-state index in [9.17, 15) is 18.0 Å². The number of para-hydroxylation sites is 1. The van der Waals surface area contributed by atoms with Gasteiger partial charge in [0.2, 0.25) is 15.9 Å². The molecule has 1 N–H and O–H groups in total. The Morgan fingerprint density at radius 1 is 1.03 bits per heavy atom. The molecule has 1 aliphatic heterocycles. The first-order valence-electron chi connectivity index (χ1n) is 9.86. The summed E-state index contributed by atoms with van der Waals surface area (Å²) in [5.74, 6) is 0.361. The molecule has 2 heterocycles. The number of carbonyl (C=O) groups is 1. The Kier molecular flexibility index (Phi) is 6.08. The fourth-order valence-electron chi connectivity index (χ4n) is 3.57. The maximum atomic E-state index is 12.8. The lowest BCUT2D eigenvalue weighted by atomic mass is 10.2. The van der Waals surface area contributed by atoms with E-state index >= 15 is 0 Å². The van der Waals surface area contributed by atoms with Crippen LogP contribution >= 0.6 is 11.6 Å². The van der Waals surface area contributed by atoms with Crippen LogP contribution in [0.5, 0.6) is 0 Å². The lowest BCUT2D eigenvalue weighted by molar-refractivity contribution is -0.132. The summed E-state index contributed by atoms with van der Waals surface area (Å²) >= 11 is 5.84. The molecule has 0 radical (unpaired) electrons. The number of amides is 1. The Morgan fingerprint density at radius 3 is 2.42 bits per heavy atom. The van der Waals surface area contributed by atoms with E-state index in [0.717, 1.165) is 0 Å². The van der Waals surface area contributed by atoms with E-state index in [1.807, 2.05) is 0 Å². The molecule has 10 heteroatoms. The van der Waals surface area contributed by atoms with Gasteiger partial charge in [-0.25, -0.2) is 13.4 Å². The third-order valence-corrected chi connectivity index (χ3v) is 7.45. The highest BCUT2D eigenvalue weighted by atomic mass is 35.5. The van der Waals surface area contributed by atoms with Crippen molar-refractivity contribution in [3.05, 3.63) is 69.7 Å². The van der Waals surface area contributed by atoms with Gasteiger partial charge < -0.3 is 9.88 Å². The minimum atomic E-state index is -3.62. The van der Waals surface area contributed by atoms with Gasteiger partial charge in [0.25, 0.3) is 5.56 Å². The summed E-state index contributed by atoms with van der Waals surface area (Å²) in [5.41, 5.74) is 0.365. The molecule has 1 aromatic heterocycles. The van der Waals surface area contributed by atoms with Gasteiger partial charge in [-0.1, -0.05) is 23.7 Å². The average molecular weight is 461 g/mol. The number of rotatable bonds is 5. The predicted molar refractivity (Wildman–Crippen MR) is 117 cm³/mol. The van der Waals surface area contributed by atoms with Gasteiger partial charge in [-0.15, -0.1) is 0 Å². The largest absolute Gasteiger partial charge is 0.340 e. The SMILES string of the molecule is O=C(CCc1nc2ccccc2c(=O)[nH]1)N1CCN(S(=O)(=O)c2ccc(Cl)cc2)CC1. The fraction of sp³-hybridized carbons (Fsp3) is 0.286. The monoisotopic (exact) mass is 460 g/mol. The summed E-state index contributed by atoms with van der Waals surface area (Å²) < 4.78 is 26.9. The van der Waals surface area contributed by atoms with Crippen LogP contribution in [-0.2, 0) is 21.2 Å².